The summed E-state index contributed by atoms with van der Waals surface area (Å²) >= 11 is 0. The number of para-hydroxylation sites is 1. The lowest BCUT2D eigenvalue weighted by Crippen LogP contribution is -2.49. The fourth-order valence-electron chi connectivity index (χ4n) is 4.72. The molecule has 0 bridgehead atoms. The maximum atomic E-state index is 12.8. The van der Waals surface area contributed by atoms with Gasteiger partial charge >= 0.3 is 5.63 Å². The number of rotatable bonds is 6. The molecule has 0 spiro atoms. The van der Waals surface area contributed by atoms with Gasteiger partial charge in [-0.15, -0.1) is 0 Å². The smallest absolute Gasteiger partial charge is 0.344 e. The SMILES string of the molecule is CC(C)CC(=O)N1CCN(c2ccc(NC(=O)c3ccc(-c4cc5ccccc5oc4=O)cc3)cc2)CC1. The van der Waals surface area contributed by atoms with Crippen LogP contribution in [0.25, 0.3) is 22.1 Å². The Morgan fingerprint density at radius 2 is 1.58 bits per heavy atom. The molecule has 1 aliphatic heterocycles. The Balaban J connectivity index is 1.20. The lowest BCUT2D eigenvalue weighted by atomic mass is 10.0. The third-order valence-corrected chi connectivity index (χ3v) is 6.81. The van der Waals surface area contributed by atoms with Gasteiger partial charge in [-0.25, -0.2) is 4.79 Å². The standard InChI is InChI=1S/C31H31N3O4/c1-21(2)19-29(35)34-17-15-33(16-18-34)26-13-11-25(12-14-26)32-30(36)23-9-7-22(8-10-23)27-20-24-5-3-4-6-28(24)38-31(27)37/h3-14,20-21H,15-19H2,1-2H3,(H,32,36). The third-order valence-electron chi connectivity index (χ3n) is 6.81. The number of anilines is 2. The molecule has 0 radical (unpaired) electrons. The molecule has 2 amide bonds. The number of carbonyl (C=O) groups is 2. The number of fused-ring (bicyclic) bond motifs is 1. The van der Waals surface area contributed by atoms with Gasteiger partial charge in [0.1, 0.15) is 5.58 Å². The maximum Gasteiger partial charge on any atom is 0.344 e. The summed E-state index contributed by atoms with van der Waals surface area (Å²) in [5.74, 6) is 0.367. The van der Waals surface area contributed by atoms with Gasteiger partial charge in [-0.1, -0.05) is 44.2 Å². The molecule has 0 unspecified atom stereocenters. The predicted octanol–water partition coefficient (Wildman–Crippen LogP) is 5.41. The predicted molar refractivity (Wildman–Crippen MR) is 151 cm³/mol. The second-order valence-corrected chi connectivity index (χ2v) is 10.0. The number of benzene rings is 3. The summed E-state index contributed by atoms with van der Waals surface area (Å²) in [7, 11) is 0. The highest BCUT2D eigenvalue weighted by Crippen LogP contribution is 2.23. The second-order valence-electron chi connectivity index (χ2n) is 10.0. The van der Waals surface area contributed by atoms with E-state index in [1.54, 1.807) is 36.4 Å². The number of carbonyl (C=O) groups excluding carboxylic acids is 2. The normalized spacial score (nSPS) is 13.7. The molecule has 0 saturated carbocycles. The lowest BCUT2D eigenvalue weighted by molar-refractivity contribution is -0.132. The summed E-state index contributed by atoms with van der Waals surface area (Å²) in [5, 5.41) is 3.77. The van der Waals surface area contributed by atoms with Crippen molar-refractivity contribution in [2.75, 3.05) is 36.4 Å². The van der Waals surface area contributed by atoms with Crippen LogP contribution in [0.1, 0.15) is 30.6 Å². The summed E-state index contributed by atoms with van der Waals surface area (Å²) in [6, 6.07) is 23.8. The van der Waals surface area contributed by atoms with Crippen molar-refractivity contribution in [1.82, 2.24) is 4.90 Å². The summed E-state index contributed by atoms with van der Waals surface area (Å²) in [6.45, 7) is 7.16. The van der Waals surface area contributed by atoms with Crippen LogP contribution in [0.4, 0.5) is 11.4 Å². The van der Waals surface area contributed by atoms with E-state index in [0.29, 0.717) is 40.3 Å². The quantitative estimate of drug-likeness (QED) is 0.352. The molecule has 7 heteroatoms. The Bertz CT molecular complexity index is 1500. The van der Waals surface area contributed by atoms with Crippen LogP contribution in [-0.2, 0) is 4.79 Å². The van der Waals surface area contributed by atoms with Crippen LogP contribution in [0.5, 0.6) is 0 Å². The van der Waals surface area contributed by atoms with Crippen molar-refractivity contribution >= 4 is 34.2 Å². The molecule has 0 atom stereocenters. The molecule has 2 heterocycles. The second kappa shape index (κ2) is 10.9. The van der Waals surface area contributed by atoms with Crippen LogP contribution in [0.15, 0.2) is 88.1 Å². The Morgan fingerprint density at radius 1 is 0.895 bits per heavy atom. The molecule has 0 aliphatic carbocycles. The fourth-order valence-corrected chi connectivity index (χ4v) is 4.72. The van der Waals surface area contributed by atoms with E-state index in [-0.39, 0.29) is 11.8 Å². The summed E-state index contributed by atoms with van der Waals surface area (Å²) in [5.41, 5.74) is 3.53. The van der Waals surface area contributed by atoms with Gasteiger partial charge in [-0.05, 0) is 60.0 Å². The van der Waals surface area contributed by atoms with Gasteiger partial charge < -0.3 is 19.5 Å². The maximum absolute atomic E-state index is 12.8. The molecule has 7 nitrogen and oxygen atoms in total. The van der Waals surface area contributed by atoms with E-state index in [0.717, 1.165) is 37.3 Å². The van der Waals surface area contributed by atoms with E-state index in [1.807, 2.05) is 47.4 Å². The molecule has 1 aliphatic rings. The van der Waals surface area contributed by atoms with E-state index < -0.39 is 5.63 Å². The zero-order valence-electron chi connectivity index (χ0n) is 21.6. The van der Waals surface area contributed by atoms with E-state index in [1.165, 1.54) is 0 Å². The molecule has 3 aromatic carbocycles. The molecule has 38 heavy (non-hydrogen) atoms. The largest absolute Gasteiger partial charge is 0.422 e. The first-order chi connectivity index (χ1) is 18.4. The van der Waals surface area contributed by atoms with Crippen LogP contribution in [0.2, 0.25) is 0 Å². The minimum absolute atomic E-state index is 0.228. The highest BCUT2D eigenvalue weighted by molar-refractivity contribution is 6.04. The molecular weight excluding hydrogens is 478 g/mol. The Labute approximate surface area is 221 Å². The van der Waals surface area contributed by atoms with Gasteiger partial charge in [0.15, 0.2) is 0 Å². The molecule has 4 aromatic rings. The lowest BCUT2D eigenvalue weighted by Gasteiger charge is -2.36. The number of nitrogens with one attached hydrogen (secondary N) is 1. The van der Waals surface area contributed by atoms with Crippen LogP contribution >= 0.6 is 0 Å². The molecule has 1 N–H and O–H groups in total. The van der Waals surface area contributed by atoms with Crippen molar-refractivity contribution in [3.8, 4) is 11.1 Å². The summed E-state index contributed by atoms with van der Waals surface area (Å²) in [6.07, 6.45) is 0.593. The van der Waals surface area contributed by atoms with E-state index in [2.05, 4.69) is 24.1 Å². The van der Waals surface area contributed by atoms with Crippen molar-refractivity contribution in [1.29, 1.82) is 0 Å². The average Bonchev–Trinajstić information content (AvgIpc) is 2.93. The first kappa shape index (κ1) is 25.3. The molecular formula is C31H31N3O4. The Hall–Kier alpha value is -4.39. The van der Waals surface area contributed by atoms with Gasteiger partial charge in [0.05, 0.1) is 5.56 Å². The first-order valence-electron chi connectivity index (χ1n) is 12.9. The number of hydrogen-bond donors (Lipinski definition) is 1. The number of hydrogen-bond acceptors (Lipinski definition) is 5. The molecule has 1 aromatic heterocycles. The van der Waals surface area contributed by atoms with Crippen LogP contribution in [-0.4, -0.2) is 42.9 Å². The summed E-state index contributed by atoms with van der Waals surface area (Å²) in [4.78, 5) is 41.8. The van der Waals surface area contributed by atoms with E-state index in [9.17, 15) is 14.4 Å². The zero-order chi connectivity index (χ0) is 26.6. The third kappa shape index (κ3) is 5.62. The van der Waals surface area contributed by atoms with Crippen molar-refractivity contribution in [2.45, 2.75) is 20.3 Å². The summed E-state index contributed by atoms with van der Waals surface area (Å²) < 4.78 is 5.43. The highest BCUT2D eigenvalue weighted by Gasteiger charge is 2.21. The number of amides is 2. The molecule has 1 saturated heterocycles. The van der Waals surface area contributed by atoms with Crippen molar-refractivity contribution < 1.29 is 14.0 Å². The van der Waals surface area contributed by atoms with Crippen LogP contribution in [0.3, 0.4) is 0 Å². The van der Waals surface area contributed by atoms with Crippen molar-refractivity contribution in [3.05, 3.63) is 94.8 Å². The topological polar surface area (TPSA) is 82.9 Å². The van der Waals surface area contributed by atoms with Gasteiger partial charge in [-0.2, -0.15) is 0 Å². The van der Waals surface area contributed by atoms with Crippen LogP contribution < -0.4 is 15.8 Å². The minimum atomic E-state index is -0.412. The van der Waals surface area contributed by atoms with E-state index in [4.69, 9.17) is 4.42 Å². The Morgan fingerprint density at radius 3 is 2.26 bits per heavy atom. The number of piperazine rings is 1. The molecule has 1 fully saturated rings. The monoisotopic (exact) mass is 509 g/mol. The zero-order valence-corrected chi connectivity index (χ0v) is 21.6. The van der Waals surface area contributed by atoms with Gasteiger partial charge in [0, 0.05) is 54.9 Å². The van der Waals surface area contributed by atoms with Gasteiger partial charge in [-0.3, -0.25) is 9.59 Å². The minimum Gasteiger partial charge on any atom is -0.422 e. The molecule has 5 rings (SSSR count). The van der Waals surface area contributed by atoms with Gasteiger partial charge in [0.25, 0.3) is 5.91 Å². The van der Waals surface area contributed by atoms with Gasteiger partial charge in [0.2, 0.25) is 5.91 Å². The fraction of sp³-hybridized carbons (Fsp3) is 0.258. The Kier molecular flexibility index (Phi) is 7.26. The first-order valence-corrected chi connectivity index (χ1v) is 12.9. The van der Waals surface area contributed by atoms with Crippen molar-refractivity contribution in [3.63, 3.8) is 0 Å². The highest BCUT2D eigenvalue weighted by atomic mass is 16.4. The van der Waals surface area contributed by atoms with Crippen LogP contribution in [0, 0.1) is 5.92 Å². The number of nitrogens with zero attached hydrogens (tertiary/aromatic N) is 2. The van der Waals surface area contributed by atoms with E-state index >= 15 is 0 Å². The van der Waals surface area contributed by atoms with Crippen molar-refractivity contribution in [2.24, 2.45) is 5.92 Å². The average molecular weight is 510 g/mol. The molecule has 194 valence electrons.